The maximum absolute atomic E-state index is 10.1. The number of hydrogen-bond donors (Lipinski definition) is 2. The van der Waals surface area contributed by atoms with Crippen molar-refractivity contribution in [1.29, 1.82) is 0 Å². The summed E-state index contributed by atoms with van der Waals surface area (Å²) < 4.78 is 2.05. The molecule has 4 nitrogen and oxygen atoms in total. The van der Waals surface area contributed by atoms with Gasteiger partial charge in [-0.25, -0.2) is 0 Å². The number of rotatable bonds is 4. The molecule has 2 N–H and O–H groups in total. The van der Waals surface area contributed by atoms with Crippen molar-refractivity contribution in [3.05, 3.63) is 17.5 Å². The molecule has 2 aliphatic rings. The fourth-order valence-corrected chi connectivity index (χ4v) is 2.89. The summed E-state index contributed by atoms with van der Waals surface area (Å²) in [7, 11) is 0. The first-order chi connectivity index (χ1) is 8.75. The minimum absolute atomic E-state index is 0.188. The molecule has 0 radical (unpaired) electrons. The van der Waals surface area contributed by atoms with Gasteiger partial charge in [-0.2, -0.15) is 5.10 Å². The Hall–Kier alpha value is -0.870. The fourth-order valence-electron chi connectivity index (χ4n) is 2.89. The van der Waals surface area contributed by atoms with Gasteiger partial charge in [0, 0.05) is 23.8 Å². The molecular formula is C14H23N3O. The summed E-state index contributed by atoms with van der Waals surface area (Å²) in [6.07, 6.45) is 8.69. The minimum atomic E-state index is -0.221. The van der Waals surface area contributed by atoms with E-state index in [1.54, 1.807) is 0 Å². The number of nitrogens with zero attached hydrogens (tertiary/aromatic N) is 2. The van der Waals surface area contributed by atoms with Crippen molar-refractivity contribution in [2.45, 2.75) is 70.2 Å². The van der Waals surface area contributed by atoms with E-state index in [2.05, 4.69) is 17.3 Å². The van der Waals surface area contributed by atoms with E-state index in [9.17, 15) is 5.11 Å². The van der Waals surface area contributed by atoms with Gasteiger partial charge in [0.25, 0.3) is 0 Å². The van der Waals surface area contributed by atoms with Gasteiger partial charge in [0.05, 0.1) is 18.3 Å². The van der Waals surface area contributed by atoms with Gasteiger partial charge in [-0.3, -0.25) is 4.68 Å². The lowest BCUT2D eigenvalue weighted by atomic mass is 9.92. The second-order valence-electron chi connectivity index (χ2n) is 5.77. The van der Waals surface area contributed by atoms with Crippen LogP contribution in [-0.4, -0.2) is 27.0 Å². The van der Waals surface area contributed by atoms with E-state index in [4.69, 9.17) is 0 Å². The quantitative estimate of drug-likeness (QED) is 0.857. The highest BCUT2D eigenvalue weighted by atomic mass is 16.3. The van der Waals surface area contributed by atoms with Crippen LogP contribution in [0.4, 0.5) is 0 Å². The summed E-state index contributed by atoms with van der Waals surface area (Å²) in [5.74, 6) is 0. The first kappa shape index (κ1) is 12.2. The van der Waals surface area contributed by atoms with Crippen molar-refractivity contribution < 1.29 is 5.11 Å². The lowest BCUT2D eigenvalue weighted by Gasteiger charge is -2.28. The summed E-state index contributed by atoms with van der Waals surface area (Å²) >= 11 is 0. The summed E-state index contributed by atoms with van der Waals surface area (Å²) in [4.78, 5) is 0. The van der Waals surface area contributed by atoms with Crippen LogP contribution < -0.4 is 5.32 Å². The van der Waals surface area contributed by atoms with E-state index in [0.29, 0.717) is 0 Å². The molecule has 18 heavy (non-hydrogen) atoms. The standard InChI is InChI=1S/C14H23N3O/c1-10-11(8-15-12-6-7-12)9-16-17(10)13-4-2-3-5-14(13)18/h9,12-15,18H,2-8H2,1H3. The molecule has 3 rings (SSSR count). The van der Waals surface area contributed by atoms with Crippen LogP contribution >= 0.6 is 0 Å². The largest absolute Gasteiger partial charge is 0.391 e. The Bertz CT molecular complexity index is 411. The lowest BCUT2D eigenvalue weighted by molar-refractivity contribution is 0.0683. The summed E-state index contributed by atoms with van der Waals surface area (Å²) in [6, 6.07) is 0.918. The predicted molar refractivity (Wildman–Crippen MR) is 70.3 cm³/mol. The highest BCUT2D eigenvalue weighted by Gasteiger charge is 2.27. The highest BCUT2D eigenvalue weighted by molar-refractivity contribution is 5.17. The zero-order valence-corrected chi connectivity index (χ0v) is 11.1. The number of aliphatic hydroxyl groups excluding tert-OH is 1. The van der Waals surface area contributed by atoms with Gasteiger partial charge in [-0.05, 0) is 32.6 Å². The fraction of sp³-hybridized carbons (Fsp3) is 0.786. The average Bonchev–Trinajstić information content (AvgIpc) is 3.13. The van der Waals surface area contributed by atoms with Crippen molar-refractivity contribution in [1.82, 2.24) is 15.1 Å². The van der Waals surface area contributed by atoms with Crippen LogP contribution in [0.1, 0.15) is 55.8 Å². The molecule has 1 aromatic rings. The Balaban J connectivity index is 1.70. The van der Waals surface area contributed by atoms with Gasteiger partial charge in [0.1, 0.15) is 0 Å². The zero-order valence-electron chi connectivity index (χ0n) is 11.1. The second kappa shape index (κ2) is 5.02. The van der Waals surface area contributed by atoms with E-state index in [0.717, 1.165) is 31.8 Å². The second-order valence-corrected chi connectivity index (χ2v) is 5.77. The highest BCUT2D eigenvalue weighted by Crippen LogP contribution is 2.30. The molecule has 1 heterocycles. The van der Waals surface area contributed by atoms with Crippen LogP contribution in [0.2, 0.25) is 0 Å². The molecule has 100 valence electrons. The number of aromatic nitrogens is 2. The van der Waals surface area contributed by atoms with Crippen molar-refractivity contribution in [3.63, 3.8) is 0 Å². The van der Waals surface area contributed by atoms with Gasteiger partial charge >= 0.3 is 0 Å². The molecule has 0 saturated heterocycles. The van der Waals surface area contributed by atoms with Gasteiger partial charge in [-0.1, -0.05) is 12.8 Å². The van der Waals surface area contributed by atoms with Crippen LogP contribution in [0.25, 0.3) is 0 Å². The molecule has 0 aliphatic heterocycles. The van der Waals surface area contributed by atoms with Crippen molar-refractivity contribution in [2.75, 3.05) is 0 Å². The third-order valence-corrected chi connectivity index (χ3v) is 4.31. The molecule has 2 atom stereocenters. The van der Waals surface area contributed by atoms with Crippen LogP contribution in [0.3, 0.4) is 0 Å². The number of hydrogen-bond acceptors (Lipinski definition) is 3. The summed E-state index contributed by atoms with van der Waals surface area (Å²) in [5.41, 5.74) is 2.49. The monoisotopic (exact) mass is 249 g/mol. The third kappa shape index (κ3) is 2.45. The molecule has 0 aromatic carbocycles. The van der Waals surface area contributed by atoms with Crippen molar-refractivity contribution in [3.8, 4) is 0 Å². The van der Waals surface area contributed by atoms with Gasteiger partial charge in [0.15, 0.2) is 0 Å². The van der Waals surface area contributed by atoms with E-state index >= 15 is 0 Å². The number of aliphatic hydroxyl groups is 1. The topological polar surface area (TPSA) is 50.1 Å². The molecular weight excluding hydrogens is 226 g/mol. The Morgan fingerprint density at radius 2 is 2.11 bits per heavy atom. The number of nitrogens with one attached hydrogen (secondary N) is 1. The first-order valence-corrected chi connectivity index (χ1v) is 7.20. The third-order valence-electron chi connectivity index (χ3n) is 4.31. The lowest BCUT2D eigenvalue weighted by Crippen LogP contribution is -2.29. The molecule has 0 bridgehead atoms. The van der Waals surface area contributed by atoms with E-state index in [1.807, 2.05) is 10.9 Å². The average molecular weight is 249 g/mol. The Morgan fingerprint density at radius 1 is 1.33 bits per heavy atom. The Kier molecular flexibility index (Phi) is 3.39. The summed E-state index contributed by atoms with van der Waals surface area (Å²) in [5, 5.41) is 18.1. The van der Waals surface area contributed by atoms with E-state index in [-0.39, 0.29) is 12.1 Å². The van der Waals surface area contributed by atoms with Gasteiger partial charge < -0.3 is 10.4 Å². The Morgan fingerprint density at radius 3 is 2.83 bits per heavy atom. The van der Waals surface area contributed by atoms with Crippen molar-refractivity contribution in [2.24, 2.45) is 0 Å². The smallest absolute Gasteiger partial charge is 0.0781 e. The molecule has 2 unspecified atom stereocenters. The molecule has 0 amide bonds. The van der Waals surface area contributed by atoms with Crippen LogP contribution in [0, 0.1) is 6.92 Å². The summed E-state index contributed by atoms with van der Waals surface area (Å²) in [6.45, 7) is 3.04. The van der Waals surface area contributed by atoms with Crippen LogP contribution in [0.15, 0.2) is 6.20 Å². The van der Waals surface area contributed by atoms with Gasteiger partial charge in [-0.15, -0.1) is 0 Å². The molecule has 0 spiro atoms. The molecule has 2 fully saturated rings. The minimum Gasteiger partial charge on any atom is -0.391 e. The van der Waals surface area contributed by atoms with E-state index < -0.39 is 0 Å². The Labute approximate surface area is 108 Å². The zero-order chi connectivity index (χ0) is 12.5. The van der Waals surface area contributed by atoms with Gasteiger partial charge in [0.2, 0.25) is 0 Å². The van der Waals surface area contributed by atoms with Crippen LogP contribution in [0.5, 0.6) is 0 Å². The maximum Gasteiger partial charge on any atom is 0.0781 e. The molecule has 4 heteroatoms. The predicted octanol–water partition coefficient (Wildman–Crippen LogP) is 1.92. The SMILES string of the molecule is Cc1c(CNC2CC2)cnn1C1CCCCC1O. The molecule has 1 aromatic heterocycles. The van der Waals surface area contributed by atoms with Crippen LogP contribution in [-0.2, 0) is 6.54 Å². The molecule has 2 saturated carbocycles. The first-order valence-electron chi connectivity index (χ1n) is 7.20. The normalized spacial score (nSPS) is 28.6. The molecule has 2 aliphatic carbocycles. The maximum atomic E-state index is 10.1. The van der Waals surface area contributed by atoms with Crippen molar-refractivity contribution >= 4 is 0 Å². The van der Waals surface area contributed by atoms with E-state index in [1.165, 1.54) is 30.5 Å².